The standard InChI is InChI=1S/C17H25N3O2/c1-6-20(11-17(4,5)21)13(3)15-18-19-16(22-15)14-9-7-12(2)8-10-14/h7-10,13,21H,6,11H2,1-5H3. The Labute approximate surface area is 132 Å². The van der Waals surface area contributed by atoms with Gasteiger partial charge < -0.3 is 9.52 Å². The van der Waals surface area contributed by atoms with Gasteiger partial charge in [0.2, 0.25) is 11.8 Å². The van der Waals surface area contributed by atoms with Gasteiger partial charge in [-0.3, -0.25) is 4.90 Å². The number of aromatic nitrogens is 2. The lowest BCUT2D eigenvalue weighted by Crippen LogP contribution is -2.40. The normalized spacial score (nSPS) is 13.6. The van der Waals surface area contributed by atoms with Crippen LogP contribution in [-0.4, -0.2) is 38.9 Å². The fourth-order valence-electron chi connectivity index (χ4n) is 2.39. The molecule has 5 nitrogen and oxygen atoms in total. The predicted molar refractivity (Wildman–Crippen MR) is 86.4 cm³/mol. The summed E-state index contributed by atoms with van der Waals surface area (Å²) in [5.74, 6) is 1.10. The SMILES string of the molecule is CCN(CC(C)(C)O)C(C)c1nnc(-c2ccc(C)cc2)o1. The average molecular weight is 303 g/mol. The molecule has 1 heterocycles. The van der Waals surface area contributed by atoms with Gasteiger partial charge in [-0.2, -0.15) is 0 Å². The monoisotopic (exact) mass is 303 g/mol. The lowest BCUT2D eigenvalue weighted by atomic mass is 10.1. The zero-order chi connectivity index (χ0) is 16.3. The number of rotatable bonds is 6. The zero-order valence-corrected chi connectivity index (χ0v) is 14.0. The summed E-state index contributed by atoms with van der Waals surface area (Å²) in [6.07, 6.45) is 0. The molecule has 0 aliphatic carbocycles. The van der Waals surface area contributed by atoms with Gasteiger partial charge in [0, 0.05) is 12.1 Å². The molecular weight excluding hydrogens is 278 g/mol. The highest BCUT2D eigenvalue weighted by atomic mass is 16.4. The van der Waals surface area contributed by atoms with E-state index in [-0.39, 0.29) is 6.04 Å². The van der Waals surface area contributed by atoms with Gasteiger partial charge in [0.15, 0.2) is 0 Å². The van der Waals surface area contributed by atoms with E-state index in [0.29, 0.717) is 18.3 Å². The Morgan fingerprint density at radius 3 is 2.41 bits per heavy atom. The first-order chi connectivity index (χ1) is 10.3. The van der Waals surface area contributed by atoms with Crippen molar-refractivity contribution in [1.82, 2.24) is 15.1 Å². The molecule has 1 atom stereocenters. The fraction of sp³-hybridized carbons (Fsp3) is 0.529. The molecule has 0 aliphatic rings. The quantitative estimate of drug-likeness (QED) is 0.888. The molecule has 22 heavy (non-hydrogen) atoms. The van der Waals surface area contributed by atoms with E-state index in [2.05, 4.69) is 22.0 Å². The van der Waals surface area contributed by atoms with Gasteiger partial charge in [0.05, 0.1) is 11.6 Å². The Morgan fingerprint density at radius 1 is 1.23 bits per heavy atom. The Morgan fingerprint density at radius 2 is 1.86 bits per heavy atom. The van der Waals surface area contributed by atoms with Gasteiger partial charge in [-0.05, 0) is 46.4 Å². The van der Waals surface area contributed by atoms with Gasteiger partial charge in [-0.1, -0.05) is 24.6 Å². The molecule has 0 saturated carbocycles. The smallest absolute Gasteiger partial charge is 0.247 e. The van der Waals surface area contributed by atoms with E-state index in [0.717, 1.165) is 12.1 Å². The van der Waals surface area contributed by atoms with E-state index in [1.165, 1.54) is 5.56 Å². The van der Waals surface area contributed by atoms with Crippen LogP contribution < -0.4 is 0 Å². The van der Waals surface area contributed by atoms with Crippen molar-refractivity contribution in [2.45, 2.75) is 46.3 Å². The Bertz CT molecular complexity index is 599. The molecule has 5 heteroatoms. The Balaban J connectivity index is 2.17. The zero-order valence-electron chi connectivity index (χ0n) is 14.0. The van der Waals surface area contributed by atoms with Crippen molar-refractivity contribution in [2.24, 2.45) is 0 Å². The summed E-state index contributed by atoms with van der Waals surface area (Å²) in [6.45, 7) is 11.1. The largest absolute Gasteiger partial charge is 0.419 e. The molecule has 1 N–H and O–H groups in total. The number of hydrogen-bond acceptors (Lipinski definition) is 5. The van der Waals surface area contributed by atoms with Gasteiger partial charge in [-0.15, -0.1) is 10.2 Å². The molecule has 0 fully saturated rings. The van der Waals surface area contributed by atoms with Crippen LogP contribution in [0.1, 0.15) is 45.2 Å². The molecule has 0 bridgehead atoms. The summed E-state index contributed by atoms with van der Waals surface area (Å²) in [5, 5.41) is 18.3. The number of likely N-dealkylation sites (N-methyl/N-ethyl adjacent to an activating group) is 1. The van der Waals surface area contributed by atoms with E-state index in [9.17, 15) is 5.11 Å². The lowest BCUT2D eigenvalue weighted by molar-refractivity contribution is 0.0210. The van der Waals surface area contributed by atoms with E-state index < -0.39 is 5.60 Å². The minimum atomic E-state index is -0.760. The molecule has 0 amide bonds. The number of hydrogen-bond donors (Lipinski definition) is 1. The molecule has 120 valence electrons. The highest BCUT2D eigenvalue weighted by molar-refractivity contribution is 5.52. The van der Waals surface area contributed by atoms with E-state index in [1.54, 1.807) is 13.8 Å². The topological polar surface area (TPSA) is 62.4 Å². The number of benzene rings is 1. The highest BCUT2D eigenvalue weighted by Gasteiger charge is 2.25. The first-order valence-electron chi connectivity index (χ1n) is 7.67. The maximum atomic E-state index is 10.0. The lowest BCUT2D eigenvalue weighted by Gasteiger charge is -2.31. The second-order valence-corrected chi connectivity index (χ2v) is 6.36. The van der Waals surface area contributed by atoms with Gasteiger partial charge in [0.25, 0.3) is 0 Å². The molecular formula is C17H25N3O2. The first kappa shape index (κ1) is 16.6. The van der Waals surface area contributed by atoms with Crippen LogP contribution in [0.5, 0.6) is 0 Å². The summed E-state index contributed by atoms with van der Waals surface area (Å²) in [7, 11) is 0. The first-order valence-corrected chi connectivity index (χ1v) is 7.67. The van der Waals surface area contributed by atoms with Crippen LogP contribution in [0.15, 0.2) is 28.7 Å². The van der Waals surface area contributed by atoms with Crippen LogP contribution in [0.2, 0.25) is 0 Å². The molecule has 0 radical (unpaired) electrons. The third-order valence-electron chi connectivity index (χ3n) is 3.64. The second kappa shape index (κ2) is 6.58. The molecule has 0 saturated heterocycles. The summed E-state index contributed by atoms with van der Waals surface area (Å²) >= 11 is 0. The maximum absolute atomic E-state index is 10.0. The van der Waals surface area contributed by atoms with Crippen LogP contribution in [0, 0.1) is 6.92 Å². The molecule has 1 aromatic carbocycles. The Hall–Kier alpha value is -1.72. The van der Waals surface area contributed by atoms with Crippen LogP contribution in [0.25, 0.3) is 11.5 Å². The second-order valence-electron chi connectivity index (χ2n) is 6.36. The minimum Gasteiger partial charge on any atom is -0.419 e. The summed E-state index contributed by atoms with van der Waals surface area (Å²) < 4.78 is 5.82. The van der Waals surface area contributed by atoms with Crippen LogP contribution in [0.4, 0.5) is 0 Å². The molecule has 2 rings (SSSR count). The van der Waals surface area contributed by atoms with E-state index >= 15 is 0 Å². The third-order valence-corrected chi connectivity index (χ3v) is 3.64. The van der Waals surface area contributed by atoms with Crippen molar-refractivity contribution in [3.05, 3.63) is 35.7 Å². The van der Waals surface area contributed by atoms with Crippen molar-refractivity contribution in [2.75, 3.05) is 13.1 Å². The van der Waals surface area contributed by atoms with Crippen LogP contribution in [0.3, 0.4) is 0 Å². The van der Waals surface area contributed by atoms with E-state index in [4.69, 9.17) is 4.42 Å². The fourth-order valence-corrected chi connectivity index (χ4v) is 2.39. The van der Waals surface area contributed by atoms with Gasteiger partial charge in [0.1, 0.15) is 0 Å². The van der Waals surface area contributed by atoms with Crippen LogP contribution >= 0.6 is 0 Å². The van der Waals surface area contributed by atoms with Gasteiger partial charge in [-0.25, -0.2) is 0 Å². The number of aryl methyl sites for hydroxylation is 1. The summed E-state index contributed by atoms with van der Waals surface area (Å²) in [5.41, 5.74) is 1.35. The molecule has 0 spiro atoms. The number of nitrogens with zero attached hydrogens (tertiary/aromatic N) is 3. The van der Waals surface area contributed by atoms with Crippen molar-refractivity contribution < 1.29 is 9.52 Å². The minimum absolute atomic E-state index is 0.0388. The summed E-state index contributed by atoms with van der Waals surface area (Å²) in [4.78, 5) is 2.12. The third kappa shape index (κ3) is 4.15. The van der Waals surface area contributed by atoms with E-state index in [1.807, 2.05) is 38.1 Å². The van der Waals surface area contributed by atoms with Crippen molar-refractivity contribution in [1.29, 1.82) is 0 Å². The Kier molecular flexibility index (Phi) is 4.98. The average Bonchev–Trinajstić information content (AvgIpc) is 2.93. The summed E-state index contributed by atoms with van der Waals surface area (Å²) in [6, 6.07) is 7.96. The molecule has 1 aromatic heterocycles. The highest BCUT2D eigenvalue weighted by Crippen LogP contribution is 2.25. The predicted octanol–water partition coefficient (Wildman–Crippen LogP) is 3.20. The molecule has 0 aliphatic heterocycles. The number of aliphatic hydroxyl groups is 1. The molecule has 1 unspecified atom stereocenters. The maximum Gasteiger partial charge on any atom is 0.247 e. The van der Waals surface area contributed by atoms with Crippen molar-refractivity contribution in [3.8, 4) is 11.5 Å². The van der Waals surface area contributed by atoms with Crippen molar-refractivity contribution >= 4 is 0 Å². The van der Waals surface area contributed by atoms with Crippen LogP contribution in [-0.2, 0) is 0 Å². The molecule has 2 aromatic rings. The van der Waals surface area contributed by atoms with Crippen molar-refractivity contribution in [3.63, 3.8) is 0 Å². The van der Waals surface area contributed by atoms with Gasteiger partial charge >= 0.3 is 0 Å².